The molecule has 1 fully saturated rings. The maximum absolute atomic E-state index is 12.3. The van der Waals surface area contributed by atoms with E-state index in [1.54, 1.807) is 21.3 Å². The largest absolute Gasteiger partial charge is 0.493 e. The summed E-state index contributed by atoms with van der Waals surface area (Å²) in [5.74, 6) is 1.04. The quantitative estimate of drug-likeness (QED) is 0.540. The Kier molecular flexibility index (Phi) is 6.76. The van der Waals surface area contributed by atoms with Crippen molar-refractivity contribution in [1.82, 2.24) is 14.8 Å². The highest BCUT2D eigenvalue weighted by molar-refractivity contribution is 5.89. The van der Waals surface area contributed by atoms with E-state index < -0.39 is 12.0 Å². The number of aromatic nitrogens is 1. The molecule has 0 radical (unpaired) electrons. The standard InChI is InChI=1S/C25H31N3O5/c1-16-5-7-20-18(13-16)19(14-26-20)22(25(29)30)28-11-9-27(10-12-28)15-17-6-8-21(31-2)24(33-4)23(17)32-3/h5-8,13-14,22,26H,9-12,15H2,1-4H3,(H,29,30). The van der Waals surface area contributed by atoms with Crippen LogP contribution in [0, 0.1) is 6.92 Å². The van der Waals surface area contributed by atoms with Gasteiger partial charge in [-0.1, -0.05) is 17.7 Å². The molecule has 0 bridgehead atoms. The zero-order chi connectivity index (χ0) is 23.5. The van der Waals surface area contributed by atoms with E-state index in [1.165, 1.54) is 0 Å². The number of hydrogen-bond donors (Lipinski definition) is 2. The van der Waals surface area contributed by atoms with Gasteiger partial charge in [-0.05, 0) is 25.1 Å². The first-order valence-electron chi connectivity index (χ1n) is 11.0. The Bertz CT molecular complexity index is 1130. The first-order chi connectivity index (χ1) is 16.0. The van der Waals surface area contributed by atoms with Crippen molar-refractivity contribution in [2.75, 3.05) is 47.5 Å². The number of piperazine rings is 1. The Morgan fingerprint density at radius 1 is 1.03 bits per heavy atom. The molecule has 2 N–H and O–H groups in total. The van der Waals surface area contributed by atoms with Crippen molar-refractivity contribution in [2.45, 2.75) is 19.5 Å². The maximum Gasteiger partial charge on any atom is 0.325 e. The molecule has 4 rings (SSSR count). The van der Waals surface area contributed by atoms with Crippen molar-refractivity contribution < 1.29 is 24.1 Å². The molecule has 33 heavy (non-hydrogen) atoms. The summed E-state index contributed by atoms with van der Waals surface area (Å²) in [5, 5.41) is 11.1. The topological polar surface area (TPSA) is 87.3 Å². The number of ether oxygens (including phenoxy) is 3. The molecule has 0 spiro atoms. The normalized spacial score (nSPS) is 16.0. The number of carbonyl (C=O) groups is 1. The SMILES string of the molecule is COc1ccc(CN2CCN(C(C(=O)O)c3c[nH]c4ccc(C)cc34)CC2)c(OC)c1OC. The van der Waals surface area contributed by atoms with Gasteiger partial charge in [0.15, 0.2) is 11.5 Å². The molecule has 2 heterocycles. The van der Waals surface area contributed by atoms with Crippen LogP contribution in [0.2, 0.25) is 0 Å². The van der Waals surface area contributed by atoms with Crippen LogP contribution < -0.4 is 14.2 Å². The predicted molar refractivity (Wildman–Crippen MR) is 126 cm³/mol. The van der Waals surface area contributed by atoms with Gasteiger partial charge in [0, 0.05) is 61.0 Å². The Morgan fingerprint density at radius 3 is 2.39 bits per heavy atom. The number of hydrogen-bond acceptors (Lipinski definition) is 6. The summed E-state index contributed by atoms with van der Waals surface area (Å²) in [7, 11) is 4.82. The van der Waals surface area contributed by atoms with Gasteiger partial charge in [0.25, 0.3) is 0 Å². The second-order valence-electron chi connectivity index (χ2n) is 8.34. The first kappa shape index (κ1) is 22.9. The van der Waals surface area contributed by atoms with Crippen LogP contribution in [-0.4, -0.2) is 73.4 Å². The fourth-order valence-corrected chi connectivity index (χ4v) is 4.68. The van der Waals surface area contributed by atoms with Gasteiger partial charge in [-0.2, -0.15) is 0 Å². The lowest BCUT2D eigenvalue weighted by Crippen LogP contribution is -2.48. The van der Waals surface area contributed by atoms with Gasteiger partial charge in [0.05, 0.1) is 21.3 Å². The lowest BCUT2D eigenvalue weighted by molar-refractivity contribution is -0.144. The second-order valence-corrected chi connectivity index (χ2v) is 8.34. The molecule has 8 nitrogen and oxygen atoms in total. The average molecular weight is 454 g/mol. The summed E-state index contributed by atoms with van der Waals surface area (Å²) < 4.78 is 16.5. The molecule has 1 aliphatic heterocycles. The molecular formula is C25H31N3O5. The van der Waals surface area contributed by atoms with E-state index >= 15 is 0 Å². The van der Waals surface area contributed by atoms with Gasteiger partial charge in [0.2, 0.25) is 5.75 Å². The zero-order valence-corrected chi connectivity index (χ0v) is 19.6. The minimum Gasteiger partial charge on any atom is -0.493 e. The number of aromatic amines is 1. The Morgan fingerprint density at radius 2 is 1.76 bits per heavy atom. The van der Waals surface area contributed by atoms with Crippen LogP contribution in [-0.2, 0) is 11.3 Å². The molecule has 0 saturated carbocycles. The fourth-order valence-electron chi connectivity index (χ4n) is 4.68. The highest BCUT2D eigenvalue weighted by Crippen LogP contribution is 2.40. The van der Waals surface area contributed by atoms with E-state index in [4.69, 9.17) is 14.2 Å². The number of nitrogens with zero attached hydrogens (tertiary/aromatic N) is 2. The third kappa shape index (κ3) is 4.49. The molecule has 3 aromatic rings. The summed E-state index contributed by atoms with van der Waals surface area (Å²) >= 11 is 0. The molecule has 1 saturated heterocycles. The molecule has 8 heteroatoms. The summed E-state index contributed by atoms with van der Waals surface area (Å²) in [6, 6.07) is 9.27. The van der Waals surface area contributed by atoms with Crippen LogP contribution in [0.15, 0.2) is 36.5 Å². The third-order valence-electron chi connectivity index (χ3n) is 6.35. The van der Waals surface area contributed by atoms with E-state index in [-0.39, 0.29) is 0 Å². The smallest absolute Gasteiger partial charge is 0.325 e. The Balaban J connectivity index is 1.50. The van der Waals surface area contributed by atoms with E-state index in [0.29, 0.717) is 36.9 Å². The zero-order valence-electron chi connectivity index (χ0n) is 19.6. The van der Waals surface area contributed by atoms with Crippen LogP contribution in [0.25, 0.3) is 10.9 Å². The summed E-state index contributed by atoms with van der Waals surface area (Å²) in [6.45, 7) is 5.52. The van der Waals surface area contributed by atoms with Gasteiger partial charge in [-0.25, -0.2) is 0 Å². The van der Waals surface area contributed by atoms with Crippen LogP contribution >= 0.6 is 0 Å². The lowest BCUT2D eigenvalue weighted by Gasteiger charge is -2.37. The maximum atomic E-state index is 12.3. The summed E-state index contributed by atoms with van der Waals surface area (Å²) in [5.41, 5.74) is 3.89. The van der Waals surface area contributed by atoms with Gasteiger partial charge >= 0.3 is 5.97 Å². The van der Waals surface area contributed by atoms with Crippen molar-refractivity contribution in [3.8, 4) is 17.2 Å². The van der Waals surface area contributed by atoms with E-state index in [0.717, 1.165) is 40.7 Å². The van der Waals surface area contributed by atoms with Crippen LogP contribution in [0.3, 0.4) is 0 Å². The molecular weight excluding hydrogens is 422 g/mol. The van der Waals surface area contributed by atoms with E-state index in [9.17, 15) is 9.90 Å². The minimum absolute atomic E-state index is 0.580. The van der Waals surface area contributed by atoms with Crippen molar-refractivity contribution in [3.05, 3.63) is 53.2 Å². The predicted octanol–water partition coefficient (Wildman–Crippen LogP) is 3.45. The third-order valence-corrected chi connectivity index (χ3v) is 6.35. The molecule has 1 unspecified atom stereocenters. The molecule has 2 aromatic carbocycles. The van der Waals surface area contributed by atoms with Gasteiger partial charge in [0.1, 0.15) is 6.04 Å². The lowest BCUT2D eigenvalue weighted by atomic mass is 10.0. The Labute approximate surface area is 193 Å². The molecule has 176 valence electrons. The summed E-state index contributed by atoms with van der Waals surface area (Å²) in [6.07, 6.45) is 1.84. The van der Waals surface area contributed by atoms with Crippen molar-refractivity contribution >= 4 is 16.9 Å². The number of carboxylic acid groups (broad SMARTS) is 1. The van der Waals surface area contributed by atoms with Gasteiger partial charge in [-0.15, -0.1) is 0 Å². The highest BCUT2D eigenvalue weighted by atomic mass is 16.5. The van der Waals surface area contributed by atoms with Crippen LogP contribution in [0.1, 0.15) is 22.7 Å². The number of benzene rings is 2. The molecule has 1 aliphatic rings. The monoisotopic (exact) mass is 453 g/mol. The van der Waals surface area contributed by atoms with Crippen LogP contribution in [0.4, 0.5) is 0 Å². The number of carboxylic acids is 1. The van der Waals surface area contributed by atoms with Gasteiger partial charge < -0.3 is 24.3 Å². The number of fused-ring (bicyclic) bond motifs is 1. The van der Waals surface area contributed by atoms with Crippen molar-refractivity contribution in [2.24, 2.45) is 0 Å². The van der Waals surface area contributed by atoms with E-state index in [1.807, 2.05) is 37.4 Å². The number of rotatable bonds is 8. The fraction of sp³-hybridized carbons (Fsp3) is 0.400. The molecule has 0 aliphatic carbocycles. The Hall–Kier alpha value is -3.23. The van der Waals surface area contributed by atoms with Crippen molar-refractivity contribution in [1.29, 1.82) is 0 Å². The second kappa shape index (κ2) is 9.72. The number of nitrogens with one attached hydrogen (secondary N) is 1. The summed E-state index contributed by atoms with van der Waals surface area (Å²) in [4.78, 5) is 19.9. The molecule has 1 atom stereocenters. The average Bonchev–Trinajstić information content (AvgIpc) is 3.22. The first-order valence-corrected chi connectivity index (χ1v) is 11.0. The molecule has 0 amide bonds. The number of methoxy groups -OCH3 is 3. The number of H-pyrrole nitrogens is 1. The highest BCUT2D eigenvalue weighted by Gasteiger charge is 2.32. The van der Waals surface area contributed by atoms with Crippen LogP contribution in [0.5, 0.6) is 17.2 Å². The van der Waals surface area contributed by atoms with E-state index in [2.05, 4.69) is 20.9 Å². The number of aliphatic carboxylic acids is 1. The van der Waals surface area contributed by atoms with Gasteiger partial charge in [-0.3, -0.25) is 14.6 Å². The van der Waals surface area contributed by atoms with Crippen molar-refractivity contribution in [3.63, 3.8) is 0 Å². The number of aryl methyl sites for hydroxylation is 1. The molecule has 1 aromatic heterocycles. The minimum atomic E-state index is -0.826.